The van der Waals surface area contributed by atoms with Gasteiger partial charge in [-0.05, 0) is 43.0 Å². The number of aliphatic carboxylic acids is 1. The van der Waals surface area contributed by atoms with Gasteiger partial charge in [0, 0.05) is 24.2 Å². The molecule has 0 saturated carbocycles. The monoisotopic (exact) mass is 322 g/mol. The Kier molecular flexibility index (Phi) is 5.26. The molecule has 124 valence electrons. The Balaban J connectivity index is 1.71. The van der Waals surface area contributed by atoms with Gasteiger partial charge in [-0.1, -0.05) is 31.0 Å². The SMILES string of the molecule is O=C(O)CCCCCCc1cn(-c2cccnc2)c2ccccc12. The lowest BCUT2D eigenvalue weighted by Gasteiger charge is -2.03. The topological polar surface area (TPSA) is 55.1 Å². The molecule has 24 heavy (non-hydrogen) atoms. The van der Waals surface area contributed by atoms with E-state index in [0.29, 0.717) is 0 Å². The fourth-order valence-electron chi connectivity index (χ4n) is 3.10. The minimum absolute atomic E-state index is 0.278. The highest BCUT2D eigenvalue weighted by Gasteiger charge is 2.09. The van der Waals surface area contributed by atoms with E-state index in [1.807, 2.05) is 12.3 Å². The van der Waals surface area contributed by atoms with Crippen LogP contribution >= 0.6 is 0 Å². The van der Waals surface area contributed by atoms with Gasteiger partial charge in [-0.15, -0.1) is 0 Å². The summed E-state index contributed by atoms with van der Waals surface area (Å²) < 4.78 is 2.20. The minimum Gasteiger partial charge on any atom is -0.481 e. The van der Waals surface area contributed by atoms with Crippen molar-refractivity contribution in [3.8, 4) is 5.69 Å². The highest BCUT2D eigenvalue weighted by atomic mass is 16.4. The summed E-state index contributed by atoms with van der Waals surface area (Å²) in [4.78, 5) is 14.7. The van der Waals surface area contributed by atoms with Crippen LogP contribution in [-0.4, -0.2) is 20.6 Å². The van der Waals surface area contributed by atoms with Crippen LogP contribution in [0, 0.1) is 0 Å². The van der Waals surface area contributed by atoms with E-state index in [1.165, 1.54) is 16.5 Å². The van der Waals surface area contributed by atoms with E-state index in [1.54, 1.807) is 6.20 Å². The van der Waals surface area contributed by atoms with Gasteiger partial charge in [0.1, 0.15) is 0 Å². The van der Waals surface area contributed by atoms with Crippen LogP contribution in [0.3, 0.4) is 0 Å². The number of carboxylic acid groups (broad SMARTS) is 1. The minimum atomic E-state index is -0.699. The van der Waals surface area contributed by atoms with Crippen LogP contribution in [0.25, 0.3) is 16.6 Å². The molecule has 4 heteroatoms. The lowest BCUT2D eigenvalue weighted by atomic mass is 10.0. The Bertz CT molecular complexity index is 809. The molecule has 2 aromatic heterocycles. The van der Waals surface area contributed by atoms with Crippen LogP contribution < -0.4 is 0 Å². The van der Waals surface area contributed by atoms with Gasteiger partial charge in [0.25, 0.3) is 0 Å². The smallest absolute Gasteiger partial charge is 0.303 e. The maximum atomic E-state index is 10.5. The summed E-state index contributed by atoms with van der Waals surface area (Å²) >= 11 is 0. The predicted octanol–water partition coefficient (Wildman–Crippen LogP) is 4.60. The second-order valence-corrected chi connectivity index (χ2v) is 6.06. The number of hydrogen-bond donors (Lipinski definition) is 1. The number of para-hydroxylation sites is 1. The van der Waals surface area contributed by atoms with Gasteiger partial charge in [-0.2, -0.15) is 0 Å². The van der Waals surface area contributed by atoms with Crippen LogP contribution in [0.2, 0.25) is 0 Å². The molecule has 0 fully saturated rings. The molecule has 0 aliphatic rings. The normalized spacial score (nSPS) is 11.0. The first-order valence-corrected chi connectivity index (χ1v) is 8.47. The first kappa shape index (κ1) is 16.2. The third-order valence-electron chi connectivity index (χ3n) is 4.31. The standard InChI is InChI=1S/C20H22N2O2/c23-20(24)12-4-2-1-3-8-16-15-22(17-9-7-13-21-14-17)19-11-6-5-10-18(16)19/h5-7,9-11,13-15H,1-4,8,12H2,(H,23,24). The Morgan fingerprint density at radius 3 is 2.67 bits per heavy atom. The van der Waals surface area contributed by atoms with E-state index < -0.39 is 5.97 Å². The summed E-state index contributed by atoms with van der Waals surface area (Å²) in [6.07, 6.45) is 11.1. The molecule has 0 atom stereocenters. The van der Waals surface area contributed by atoms with Crippen molar-refractivity contribution in [3.05, 3.63) is 60.6 Å². The van der Waals surface area contributed by atoms with E-state index in [9.17, 15) is 4.79 Å². The molecule has 0 unspecified atom stereocenters. The van der Waals surface area contributed by atoms with Crippen LogP contribution in [0.5, 0.6) is 0 Å². The van der Waals surface area contributed by atoms with Gasteiger partial charge in [0.15, 0.2) is 0 Å². The molecule has 3 rings (SSSR count). The fourth-order valence-corrected chi connectivity index (χ4v) is 3.10. The van der Waals surface area contributed by atoms with Crippen molar-refractivity contribution in [2.75, 3.05) is 0 Å². The number of unbranched alkanes of at least 4 members (excludes halogenated alkanes) is 3. The molecule has 1 aromatic carbocycles. The van der Waals surface area contributed by atoms with Crippen molar-refractivity contribution in [3.63, 3.8) is 0 Å². The highest BCUT2D eigenvalue weighted by Crippen LogP contribution is 2.26. The molecule has 4 nitrogen and oxygen atoms in total. The van der Waals surface area contributed by atoms with Gasteiger partial charge in [-0.3, -0.25) is 9.78 Å². The third-order valence-corrected chi connectivity index (χ3v) is 4.31. The number of aryl methyl sites for hydroxylation is 1. The Hall–Kier alpha value is -2.62. The van der Waals surface area contributed by atoms with E-state index in [-0.39, 0.29) is 6.42 Å². The van der Waals surface area contributed by atoms with E-state index in [2.05, 4.69) is 46.1 Å². The number of benzene rings is 1. The maximum absolute atomic E-state index is 10.5. The second kappa shape index (κ2) is 7.77. The second-order valence-electron chi connectivity index (χ2n) is 6.06. The third kappa shape index (κ3) is 3.82. The molecule has 1 N–H and O–H groups in total. The number of fused-ring (bicyclic) bond motifs is 1. The zero-order valence-electron chi connectivity index (χ0n) is 13.7. The number of pyridine rings is 1. The lowest BCUT2D eigenvalue weighted by molar-refractivity contribution is -0.137. The molecule has 3 aromatic rings. The van der Waals surface area contributed by atoms with Gasteiger partial charge in [0.05, 0.1) is 17.4 Å². The molecule has 0 amide bonds. The fraction of sp³-hybridized carbons (Fsp3) is 0.300. The van der Waals surface area contributed by atoms with Gasteiger partial charge in [-0.25, -0.2) is 0 Å². The van der Waals surface area contributed by atoms with Gasteiger partial charge >= 0.3 is 5.97 Å². The van der Waals surface area contributed by atoms with E-state index in [4.69, 9.17) is 5.11 Å². The molecule has 0 aliphatic heterocycles. The summed E-state index contributed by atoms with van der Waals surface area (Å²) in [5.74, 6) is -0.699. The van der Waals surface area contributed by atoms with Crippen LogP contribution in [0.15, 0.2) is 55.0 Å². The molecule has 0 saturated heterocycles. The summed E-state index contributed by atoms with van der Waals surface area (Å²) in [6.45, 7) is 0. The van der Waals surface area contributed by atoms with Gasteiger partial charge < -0.3 is 9.67 Å². The Morgan fingerprint density at radius 2 is 1.88 bits per heavy atom. The molecular formula is C20H22N2O2. The van der Waals surface area contributed by atoms with Crippen molar-refractivity contribution in [1.29, 1.82) is 0 Å². The maximum Gasteiger partial charge on any atom is 0.303 e. The number of carboxylic acids is 1. The van der Waals surface area contributed by atoms with E-state index >= 15 is 0 Å². The van der Waals surface area contributed by atoms with Crippen molar-refractivity contribution >= 4 is 16.9 Å². The lowest BCUT2D eigenvalue weighted by Crippen LogP contribution is -1.94. The molecule has 0 radical (unpaired) electrons. The number of rotatable bonds is 8. The van der Waals surface area contributed by atoms with Gasteiger partial charge in [0.2, 0.25) is 0 Å². The van der Waals surface area contributed by atoms with Crippen LogP contribution in [0.4, 0.5) is 0 Å². The summed E-state index contributed by atoms with van der Waals surface area (Å²) in [6, 6.07) is 12.5. The Morgan fingerprint density at radius 1 is 1.04 bits per heavy atom. The summed E-state index contributed by atoms with van der Waals surface area (Å²) in [5.41, 5.74) is 3.61. The van der Waals surface area contributed by atoms with Crippen LogP contribution in [0.1, 0.15) is 37.7 Å². The predicted molar refractivity (Wildman–Crippen MR) is 95.5 cm³/mol. The van der Waals surface area contributed by atoms with Crippen LogP contribution in [-0.2, 0) is 11.2 Å². The largest absolute Gasteiger partial charge is 0.481 e. The Labute approximate surface area is 141 Å². The average Bonchev–Trinajstić information content (AvgIpc) is 2.97. The number of nitrogens with zero attached hydrogens (tertiary/aromatic N) is 2. The highest BCUT2D eigenvalue weighted by molar-refractivity contribution is 5.85. The van der Waals surface area contributed by atoms with Crippen molar-refractivity contribution in [1.82, 2.24) is 9.55 Å². The zero-order valence-corrected chi connectivity index (χ0v) is 13.7. The molecule has 0 aliphatic carbocycles. The quantitative estimate of drug-likeness (QED) is 0.616. The summed E-state index contributed by atoms with van der Waals surface area (Å²) in [5, 5.41) is 9.95. The summed E-state index contributed by atoms with van der Waals surface area (Å²) in [7, 11) is 0. The number of hydrogen-bond acceptors (Lipinski definition) is 2. The number of aromatic nitrogens is 2. The van der Waals surface area contributed by atoms with Crippen molar-refractivity contribution in [2.24, 2.45) is 0 Å². The molecule has 0 bridgehead atoms. The first-order valence-electron chi connectivity index (χ1n) is 8.47. The molecule has 2 heterocycles. The van der Waals surface area contributed by atoms with Crippen molar-refractivity contribution < 1.29 is 9.90 Å². The van der Waals surface area contributed by atoms with Crippen molar-refractivity contribution in [2.45, 2.75) is 38.5 Å². The van der Waals surface area contributed by atoms with E-state index in [0.717, 1.165) is 37.8 Å². The first-order chi connectivity index (χ1) is 11.8. The zero-order chi connectivity index (χ0) is 16.8. The number of carbonyl (C=O) groups is 1. The molecule has 0 spiro atoms. The average molecular weight is 322 g/mol. The molecular weight excluding hydrogens is 300 g/mol.